The van der Waals surface area contributed by atoms with Crippen molar-refractivity contribution in [3.63, 3.8) is 0 Å². The van der Waals surface area contributed by atoms with Gasteiger partial charge in [-0.1, -0.05) is 0 Å². The summed E-state index contributed by atoms with van der Waals surface area (Å²) < 4.78 is 0. The van der Waals surface area contributed by atoms with Gasteiger partial charge in [0, 0.05) is 13.1 Å². The summed E-state index contributed by atoms with van der Waals surface area (Å²) in [4.78, 5) is 38.0. The lowest BCUT2D eigenvalue weighted by Crippen LogP contribution is -2.67. The van der Waals surface area contributed by atoms with Gasteiger partial charge in [-0.05, 0) is 6.92 Å². The van der Waals surface area contributed by atoms with Crippen LogP contribution in [0.5, 0.6) is 0 Å². The lowest BCUT2D eigenvalue weighted by atomic mass is 10.1. The number of fused-ring (bicyclic) bond motifs is 1. The van der Waals surface area contributed by atoms with Gasteiger partial charge in [0.15, 0.2) is 0 Å². The molecule has 2 heterocycles. The molecular weight excluding hydrogens is 224 g/mol. The third kappa shape index (κ3) is 2.10. The van der Waals surface area contributed by atoms with Crippen LogP contribution in [0.3, 0.4) is 0 Å². The van der Waals surface area contributed by atoms with Crippen molar-refractivity contribution in [1.82, 2.24) is 15.1 Å². The van der Waals surface area contributed by atoms with E-state index in [9.17, 15) is 14.4 Å². The summed E-state index contributed by atoms with van der Waals surface area (Å²) in [6, 6.07) is -1.14. The molecule has 3 amide bonds. The lowest BCUT2D eigenvalue weighted by molar-refractivity contribution is -0.152. The van der Waals surface area contributed by atoms with Gasteiger partial charge in [-0.3, -0.25) is 14.4 Å². The van der Waals surface area contributed by atoms with Crippen molar-refractivity contribution in [2.75, 3.05) is 26.2 Å². The summed E-state index contributed by atoms with van der Waals surface area (Å²) in [5, 5.41) is 2.52. The number of nitrogens with two attached hydrogens (primary N) is 1. The van der Waals surface area contributed by atoms with E-state index in [4.69, 9.17) is 5.73 Å². The van der Waals surface area contributed by atoms with Gasteiger partial charge in [-0.25, -0.2) is 0 Å². The first-order valence-electron chi connectivity index (χ1n) is 5.62. The summed E-state index contributed by atoms with van der Waals surface area (Å²) >= 11 is 0. The molecule has 0 unspecified atom stereocenters. The Balaban J connectivity index is 2.09. The highest BCUT2D eigenvalue weighted by molar-refractivity contribution is 5.95. The largest absolute Gasteiger partial charge is 0.345 e. The molecule has 0 aliphatic carbocycles. The second kappa shape index (κ2) is 4.33. The van der Waals surface area contributed by atoms with Crippen LogP contribution in [0.15, 0.2) is 0 Å². The van der Waals surface area contributed by atoms with Gasteiger partial charge in [0.2, 0.25) is 17.7 Å². The lowest BCUT2D eigenvalue weighted by Gasteiger charge is -2.43. The SMILES string of the molecule is C[C@H](N)C(=O)N1CCN2C(=O)CNC(=O)[C@@H]2C1. The van der Waals surface area contributed by atoms with Crippen molar-refractivity contribution in [1.29, 1.82) is 0 Å². The predicted octanol–water partition coefficient (Wildman–Crippen LogP) is -2.50. The predicted molar refractivity (Wildman–Crippen MR) is 58.7 cm³/mol. The highest BCUT2D eigenvalue weighted by Crippen LogP contribution is 2.13. The Morgan fingerprint density at radius 3 is 2.82 bits per heavy atom. The van der Waals surface area contributed by atoms with Gasteiger partial charge in [0.1, 0.15) is 6.04 Å². The zero-order chi connectivity index (χ0) is 12.6. The monoisotopic (exact) mass is 240 g/mol. The standard InChI is InChI=1S/C10H16N4O3/c1-6(11)10(17)13-2-3-14-7(5-13)9(16)12-4-8(14)15/h6-7H,2-5,11H2,1H3,(H,12,16)/t6-,7-/m0/s1. The quantitative estimate of drug-likeness (QED) is 0.529. The smallest absolute Gasteiger partial charge is 0.245 e. The second-order valence-corrected chi connectivity index (χ2v) is 4.39. The minimum absolute atomic E-state index is 0.0522. The van der Waals surface area contributed by atoms with Crippen molar-refractivity contribution >= 4 is 17.7 Å². The Morgan fingerprint density at radius 2 is 2.18 bits per heavy atom. The molecule has 7 nitrogen and oxygen atoms in total. The topological polar surface area (TPSA) is 95.7 Å². The van der Waals surface area contributed by atoms with Crippen LogP contribution >= 0.6 is 0 Å². The Hall–Kier alpha value is -1.63. The Bertz CT molecular complexity index is 369. The molecule has 0 aromatic rings. The fourth-order valence-electron chi connectivity index (χ4n) is 2.18. The van der Waals surface area contributed by atoms with Crippen LogP contribution in [0, 0.1) is 0 Å². The number of rotatable bonds is 1. The normalized spacial score (nSPS) is 26.4. The summed E-state index contributed by atoms with van der Waals surface area (Å²) in [7, 11) is 0. The van der Waals surface area contributed by atoms with Crippen LogP contribution in [0.25, 0.3) is 0 Å². The maximum absolute atomic E-state index is 11.7. The van der Waals surface area contributed by atoms with Gasteiger partial charge >= 0.3 is 0 Å². The average Bonchev–Trinajstić information content (AvgIpc) is 2.32. The number of nitrogens with one attached hydrogen (secondary N) is 1. The maximum atomic E-state index is 11.7. The molecule has 0 aromatic carbocycles. The molecule has 0 spiro atoms. The Kier molecular flexibility index (Phi) is 3.01. The van der Waals surface area contributed by atoms with E-state index < -0.39 is 12.1 Å². The zero-order valence-electron chi connectivity index (χ0n) is 9.68. The van der Waals surface area contributed by atoms with Gasteiger partial charge in [-0.15, -0.1) is 0 Å². The van der Waals surface area contributed by atoms with Crippen molar-refractivity contribution in [3.05, 3.63) is 0 Å². The molecule has 7 heteroatoms. The molecule has 2 aliphatic heterocycles. The molecule has 3 N–H and O–H groups in total. The fourth-order valence-corrected chi connectivity index (χ4v) is 2.18. The van der Waals surface area contributed by atoms with E-state index in [1.54, 1.807) is 11.8 Å². The molecule has 0 saturated carbocycles. The minimum atomic E-state index is -0.580. The zero-order valence-corrected chi connectivity index (χ0v) is 9.68. The molecule has 2 fully saturated rings. The minimum Gasteiger partial charge on any atom is -0.345 e. The molecule has 2 aliphatic rings. The Morgan fingerprint density at radius 1 is 1.47 bits per heavy atom. The van der Waals surface area contributed by atoms with Gasteiger partial charge in [0.05, 0.1) is 19.1 Å². The molecule has 2 rings (SSSR count). The van der Waals surface area contributed by atoms with E-state index in [-0.39, 0.29) is 30.8 Å². The number of carbonyl (C=O) groups is 3. The number of piperazine rings is 2. The highest BCUT2D eigenvalue weighted by Gasteiger charge is 2.40. The molecule has 17 heavy (non-hydrogen) atoms. The summed E-state index contributed by atoms with van der Waals surface area (Å²) in [6.45, 7) is 2.74. The third-order valence-corrected chi connectivity index (χ3v) is 3.12. The van der Waals surface area contributed by atoms with Crippen LogP contribution in [-0.2, 0) is 14.4 Å². The number of hydrogen-bond acceptors (Lipinski definition) is 4. The van der Waals surface area contributed by atoms with Crippen molar-refractivity contribution in [2.45, 2.75) is 19.0 Å². The van der Waals surface area contributed by atoms with Crippen LogP contribution in [0.4, 0.5) is 0 Å². The molecule has 0 bridgehead atoms. The van der Waals surface area contributed by atoms with Crippen molar-refractivity contribution in [3.8, 4) is 0 Å². The first kappa shape index (κ1) is 11.8. The van der Waals surface area contributed by atoms with Crippen LogP contribution < -0.4 is 11.1 Å². The highest BCUT2D eigenvalue weighted by atomic mass is 16.2. The summed E-state index contributed by atoms with van der Waals surface area (Å²) in [6.07, 6.45) is 0. The maximum Gasteiger partial charge on any atom is 0.245 e. The number of carbonyl (C=O) groups excluding carboxylic acids is 3. The van der Waals surface area contributed by atoms with E-state index in [1.165, 1.54) is 4.90 Å². The van der Waals surface area contributed by atoms with Crippen molar-refractivity contribution < 1.29 is 14.4 Å². The van der Waals surface area contributed by atoms with Crippen LogP contribution in [0.2, 0.25) is 0 Å². The Labute approximate surface area is 98.9 Å². The molecule has 0 aromatic heterocycles. The van der Waals surface area contributed by atoms with Crippen LogP contribution in [0.1, 0.15) is 6.92 Å². The molecule has 94 valence electrons. The van der Waals surface area contributed by atoms with E-state index in [1.807, 2.05) is 0 Å². The summed E-state index contributed by atoms with van der Waals surface area (Å²) in [5.41, 5.74) is 5.52. The first-order valence-corrected chi connectivity index (χ1v) is 5.62. The fraction of sp³-hybridized carbons (Fsp3) is 0.700. The van der Waals surface area contributed by atoms with Crippen LogP contribution in [-0.4, -0.2) is 65.8 Å². The van der Waals surface area contributed by atoms with Gasteiger partial charge < -0.3 is 20.9 Å². The van der Waals surface area contributed by atoms with E-state index >= 15 is 0 Å². The number of hydrogen-bond donors (Lipinski definition) is 2. The van der Waals surface area contributed by atoms with Gasteiger partial charge in [-0.2, -0.15) is 0 Å². The van der Waals surface area contributed by atoms with E-state index in [2.05, 4.69) is 5.32 Å². The molecule has 2 atom stereocenters. The van der Waals surface area contributed by atoms with Crippen molar-refractivity contribution in [2.24, 2.45) is 5.73 Å². The third-order valence-electron chi connectivity index (χ3n) is 3.12. The van der Waals surface area contributed by atoms with Gasteiger partial charge in [0.25, 0.3) is 0 Å². The molecule has 0 radical (unpaired) electrons. The van der Waals surface area contributed by atoms with E-state index in [0.717, 1.165) is 0 Å². The second-order valence-electron chi connectivity index (χ2n) is 4.39. The number of amides is 3. The first-order chi connectivity index (χ1) is 8.00. The number of nitrogens with zero attached hydrogens (tertiary/aromatic N) is 2. The average molecular weight is 240 g/mol. The summed E-state index contributed by atoms with van der Waals surface area (Å²) in [5.74, 6) is -0.482. The molecular formula is C10H16N4O3. The molecule has 2 saturated heterocycles. The van der Waals surface area contributed by atoms with E-state index in [0.29, 0.717) is 13.1 Å².